The fourth-order valence-electron chi connectivity index (χ4n) is 1.07. The van der Waals surface area contributed by atoms with E-state index in [1.807, 2.05) is 25.3 Å². The highest BCUT2D eigenvalue weighted by molar-refractivity contribution is 9.10. The SMILES string of the molecule is CC(C)OCCOCC(=O)c1sccc1Br. The molecule has 0 aliphatic carbocycles. The van der Waals surface area contributed by atoms with Crippen LogP contribution in [0.1, 0.15) is 23.5 Å². The van der Waals surface area contributed by atoms with Crippen LogP contribution in [0.3, 0.4) is 0 Å². The van der Waals surface area contributed by atoms with Crippen LogP contribution in [0.25, 0.3) is 0 Å². The molecule has 1 heterocycles. The van der Waals surface area contributed by atoms with E-state index < -0.39 is 0 Å². The van der Waals surface area contributed by atoms with Gasteiger partial charge in [-0.3, -0.25) is 4.79 Å². The van der Waals surface area contributed by atoms with Crippen molar-refractivity contribution in [3.05, 3.63) is 20.8 Å². The van der Waals surface area contributed by atoms with Gasteiger partial charge in [-0.25, -0.2) is 0 Å². The van der Waals surface area contributed by atoms with E-state index in [1.165, 1.54) is 11.3 Å². The summed E-state index contributed by atoms with van der Waals surface area (Å²) in [5.41, 5.74) is 0. The lowest BCUT2D eigenvalue weighted by molar-refractivity contribution is 0.0209. The first-order valence-corrected chi connectivity index (χ1v) is 6.74. The van der Waals surface area contributed by atoms with Gasteiger partial charge >= 0.3 is 0 Å². The highest BCUT2D eigenvalue weighted by Crippen LogP contribution is 2.22. The van der Waals surface area contributed by atoms with E-state index in [2.05, 4.69) is 15.9 Å². The maximum atomic E-state index is 11.6. The summed E-state index contributed by atoms with van der Waals surface area (Å²) in [6.45, 7) is 5.02. The highest BCUT2D eigenvalue weighted by Gasteiger charge is 2.11. The predicted octanol–water partition coefficient (Wildman–Crippen LogP) is 3.13. The monoisotopic (exact) mass is 306 g/mol. The summed E-state index contributed by atoms with van der Waals surface area (Å²) in [4.78, 5) is 12.4. The molecule has 0 N–H and O–H groups in total. The van der Waals surface area contributed by atoms with Crippen LogP contribution in [0.5, 0.6) is 0 Å². The van der Waals surface area contributed by atoms with Gasteiger partial charge in [0.15, 0.2) is 5.78 Å². The third-order valence-electron chi connectivity index (χ3n) is 1.78. The molecule has 0 aliphatic rings. The van der Waals surface area contributed by atoms with E-state index in [0.717, 1.165) is 4.47 Å². The molecule has 90 valence electrons. The van der Waals surface area contributed by atoms with Crippen molar-refractivity contribution in [3.8, 4) is 0 Å². The van der Waals surface area contributed by atoms with Gasteiger partial charge in [0, 0.05) is 4.47 Å². The predicted molar refractivity (Wildman–Crippen MR) is 68.3 cm³/mol. The van der Waals surface area contributed by atoms with Crippen LogP contribution < -0.4 is 0 Å². The van der Waals surface area contributed by atoms with Crippen LogP contribution in [0.15, 0.2) is 15.9 Å². The molecule has 0 aliphatic heterocycles. The third-order valence-corrected chi connectivity index (χ3v) is 3.66. The minimum atomic E-state index is 0.00595. The smallest absolute Gasteiger partial charge is 0.199 e. The van der Waals surface area contributed by atoms with Crippen molar-refractivity contribution in [2.24, 2.45) is 0 Å². The van der Waals surface area contributed by atoms with Crippen LogP contribution >= 0.6 is 27.3 Å². The lowest BCUT2D eigenvalue weighted by atomic mass is 10.3. The molecule has 0 unspecified atom stereocenters. The van der Waals surface area contributed by atoms with Gasteiger partial charge < -0.3 is 9.47 Å². The molecule has 5 heteroatoms. The summed E-state index contributed by atoms with van der Waals surface area (Å²) in [7, 11) is 0. The summed E-state index contributed by atoms with van der Waals surface area (Å²) in [5.74, 6) is 0.00595. The van der Waals surface area contributed by atoms with Crippen molar-refractivity contribution in [2.75, 3.05) is 19.8 Å². The number of halogens is 1. The van der Waals surface area contributed by atoms with E-state index in [1.54, 1.807) is 0 Å². The first-order chi connectivity index (χ1) is 7.61. The maximum absolute atomic E-state index is 11.6. The molecule has 1 rings (SSSR count). The molecule has 1 aromatic heterocycles. The topological polar surface area (TPSA) is 35.5 Å². The molecule has 0 amide bonds. The Morgan fingerprint density at radius 1 is 1.50 bits per heavy atom. The lowest BCUT2D eigenvalue weighted by Gasteiger charge is -2.07. The van der Waals surface area contributed by atoms with E-state index in [-0.39, 0.29) is 18.5 Å². The molecule has 0 bridgehead atoms. The average Bonchev–Trinajstić information content (AvgIpc) is 2.63. The van der Waals surface area contributed by atoms with Crippen molar-refractivity contribution in [2.45, 2.75) is 20.0 Å². The van der Waals surface area contributed by atoms with Crippen LogP contribution in [0.2, 0.25) is 0 Å². The normalized spacial score (nSPS) is 11.0. The molecular formula is C11H15BrO3S. The van der Waals surface area contributed by atoms with E-state index >= 15 is 0 Å². The summed E-state index contributed by atoms with van der Waals surface area (Å²) in [6, 6.07) is 1.86. The maximum Gasteiger partial charge on any atom is 0.199 e. The quantitative estimate of drug-likeness (QED) is 0.573. The summed E-state index contributed by atoms with van der Waals surface area (Å²) < 4.78 is 11.4. The first kappa shape index (κ1) is 13.8. The van der Waals surface area contributed by atoms with Gasteiger partial charge in [-0.15, -0.1) is 11.3 Å². The van der Waals surface area contributed by atoms with Gasteiger partial charge in [0.05, 0.1) is 24.2 Å². The van der Waals surface area contributed by atoms with Gasteiger partial charge in [-0.2, -0.15) is 0 Å². The number of ketones is 1. The Bertz CT molecular complexity index is 336. The van der Waals surface area contributed by atoms with Crippen LogP contribution in [0, 0.1) is 0 Å². The van der Waals surface area contributed by atoms with Crippen LogP contribution in [-0.4, -0.2) is 31.7 Å². The van der Waals surface area contributed by atoms with Gasteiger partial charge in [-0.1, -0.05) is 0 Å². The molecular weight excluding hydrogens is 292 g/mol. The zero-order chi connectivity index (χ0) is 12.0. The fraction of sp³-hybridized carbons (Fsp3) is 0.545. The largest absolute Gasteiger partial charge is 0.376 e. The Labute approximate surface area is 108 Å². The van der Waals surface area contributed by atoms with Gasteiger partial charge in [0.1, 0.15) is 6.61 Å². The van der Waals surface area contributed by atoms with Gasteiger partial charge in [0.25, 0.3) is 0 Å². The first-order valence-electron chi connectivity index (χ1n) is 5.06. The summed E-state index contributed by atoms with van der Waals surface area (Å²) >= 11 is 4.74. The summed E-state index contributed by atoms with van der Waals surface area (Å²) in [5, 5.41) is 1.87. The van der Waals surface area contributed by atoms with Crippen molar-refractivity contribution in [3.63, 3.8) is 0 Å². The minimum Gasteiger partial charge on any atom is -0.376 e. The zero-order valence-corrected chi connectivity index (χ0v) is 11.8. The molecule has 16 heavy (non-hydrogen) atoms. The molecule has 0 radical (unpaired) electrons. The molecule has 0 atom stereocenters. The summed E-state index contributed by atoms with van der Waals surface area (Å²) in [6.07, 6.45) is 0.200. The standard InChI is InChI=1S/C11H15BrO3S/c1-8(2)15-5-4-14-7-10(13)11-9(12)3-6-16-11/h3,6,8H,4-5,7H2,1-2H3. The number of thiophene rings is 1. The van der Waals surface area contributed by atoms with Crippen molar-refractivity contribution in [1.82, 2.24) is 0 Å². The number of Topliss-reactive ketones (excluding diaryl/α,β-unsaturated/α-hetero) is 1. The molecule has 0 saturated heterocycles. The average molecular weight is 307 g/mol. The Hall–Kier alpha value is -0.230. The number of hydrogen-bond acceptors (Lipinski definition) is 4. The third kappa shape index (κ3) is 4.74. The molecule has 3 nitrogen and oxygen atoms in total. The van der Waals surface area contributed by atoms with Gasteiger partial charge in [0.2, 0.25) is 0 Å². The Balaban J connectivity index is 2.19. The molecule has 0 saturated carbocycles. The minimum absolute atomic E-state index is 0.00595. The Morgan fingerprint density at radius 2 is 2.25 bits per heavy atom. The number of ether oxygens (including phenoxy) is 2. The second-order valence-electron chi connectivity index (χ2n) is 3.49. The van der Waals surface area contributed by atoms with Crippen LogP contribution in [-0.2, 0) is 9.47 Å². The number of rotatable bonds is 7. The lowest BCUT2D eigenvalue weighted by Crippen LogP contribution is -2.14. The molecule has 0 spiro atoms. The molecule has 1 aromatic rings. The van der Waals surface area contributed by atoms with E-state index in [0.29, 0.717) is 18.1 Å². The Kier molecular flexibility index (Phi) is 6.20. The van der Waals surface area contributed by atoms with Crippen molar-refractivity contribution >= 4 is 33.0 Å². The van der Waals surface area contributed by atoms with Gasteiger partial charge in [-0.05, 0) is 41.2 Å². The Morgan fingerprint density at radius 3 is 2.81 bits per heavy atom. The second kappa shape index (κ2) is 7.17. The molecule has 0 fully saturated rings. The van der Waals surface area contributed by atoms with E-state index in [4.69, 9.17) is 9.47 Å². The van der Waals surface area contributed by atoms with Crippen LogP contribution in [0.4, 0.5) is 0 Å². The number of hydrogen-bond donors (Lipinski definition) is 0. The molecule has 0 aromatic carbocycles. The highest BCUT2D eigenvalue weighted by atomic mass is 79.9. The fourth-order valence-corrected chi connectivity index (χ4v) is 2.59. The van der Waals surface area contributed by atoms with E-state index in [9.17, 15) is 4.79 Å². The zero-order valence-electron chi connectivity index (χ0n) is 9.36. The second-order valence-corrected chi connectivity index (χ2v) is 5.26. The van der Waals surface area contributed by atoms with Crippen molar-refractivity contribution in [1.29, 1.82) is 0 Å². The number of carbonyl (C=O) groups excluding carboxylic acids is 1. The van der Waals surface area contributed by atoms with Crippen molar-refractivity contribution < 1.29 is 14.3 Å². The number of carbonyl (C=O) groups is 1.